The zero-order valence-corrected chi connectivity index (χ0v) is 46.3. The molecule has 370 valence electrons. The van der Waals surface area contributed by atoms with E-state index in [-0.39, 0.29) is 5.41 Å². The average Bonchev–Trinajstić information content (AvgIpc) is 3.61. The van der Waals surface area contributed by atoms with Gasteiger partial charge in [0.05, 0.1) is 0 Å². The van der Waals surface area contributed by atoms with E-state index in [1.165, 1.54) is 122 Å². The molecule has 0 bridgehead atoms. The van der Waals surface area contributed by atoms with E-state index in [0.29, 0.717) is 0 Å². The lowest BCUT2D eigenvalue weighted by Gasteiger charge is -2.22. The van der Waals surface area contributed by atoms with Crippen molar-refractivity contribution in [2.24, 2.45) is 0 Å². The van der Waals surface area contributed by atoms with Crippen LogP contribution in [0, 0.1) is 69.2 Å². The van der Waals surface area contributed by atoms with Crippen LogP contribution in [0.15, 0.2) is 218 Å². The van der Waals surface area contributed by atoms with Gasteiger partial charge in [0.15, 0.2) is 0 Å². The third-order valence-electron chi connectivity index (χ3n) is 13.7. The Bertz CT molecular complexity index is 3070. The van der Waals surface area contributed by atoms with Gasteiger partial charge in [-0.2, -0.15) is 0 Å². The second kappa shape index (κ2) is 25.7. The zero-order valence-electron chi connectivity index (χ0n) is 46.3. The monoisotopic (exact) mass is 955 g/mol. The van der Waals surface area contributed by atoms with Gasteiger partial charge >= 0.3 is 0 Å². The Kier molecular flexibility index (Phi) is 19.3. The third-order valence-corrected chi connectivity index (χ3v) is 13.7. The summed E-state index contributed by atoms with van der Waals surface area (Å²) in [4.78, 5) is 0. The number of hydrogen-bond acceptors (Lipinski definition) is 0. The molecule has 1 aliphatic rings. The van der Waals surface area contributed by atoms with Crippen LogP contribution in [0.5, 0.6) is 0 Å². The molecule has 10 aromatic rings. The zero-order chi connectivity index (χ0) is 52.7. The van der Waals surface area contributed by atoms with Gasteiger partial charge in [-0.05, 0) is 147 Å². The van der Waals surface area contributed by atoms with Crippen molar-refractivity contribution in [3.63, 3.8) is 0 Å². The molecule has 11 rings (SSSR count). The van der Waals surface area contributed by atoms with E-state index in [1.54, 1.807) is 0 Å². The van der Waals surface area contributed by atoms with E-state index >= 15 is 0 Å². The normalized spacial score (nSPS) is 11.3. The Hall–Kier alpha value is -7.54. The molecule has 0 N–H and O–H groups in total. The standard InChI is InChI=1S/C20H18.C17H18.C14H14.C12H12.C8H10.C2H6/c1-15-3-7-17(8-4-15)19-11-13-20(14-12-19)18-9-5-16(2)6-10-18;1-11-5-7-13-14-8-6-12(2)10-16(14)17(3,4)15(13)9-11;1-11-3-7-13(8-4-11)14-9-5-12(2)6-10-14;1-9-5-3-8-12-10(2)6-4-7-11(9)12;1-7-3-5-8(2)6-4-7;1-2/h3-14H,1-2H3;5-10H,1-4H3;3-10H,1-2H3;3-8H,1-2H3;3-6H,1-2H3;1-2H3. The van der Waals surface area contributed by atoms with Crippen LogP contribution in [0.1, 0.15) is 94.5 Å². The fraction of sp³-hybridized carbons (Fsp3) is 0.205. The Morgan fingerprint density at radius 2 is 0.438 bits per heavy atom. The quantitative estimate of drug-likeness (QED) is 0.166. The summed E-state index contributed by atoms with van der Waals surface area (Å²) in [6.07, 6.45) is 0. The van der Waals surface area contributed by atoms with Crippen LogP contribution in [0.4, 0.5) is 0 Å². The summed E-state index contributed by atoms with van der Waals surface area (Å²) in [7, 11) is 0. The summed E-state index contributed by atoms with van der Waals surface area (Å²) < 4.78 is 0. The van der Waals surface area contributed by atoms with Crippen LogP contribution in [-0.2, 0) is 5.41 Å². The highest BCUT2D eigenvalue weighted by molar-refractivity contribution is 5.88. The van der Waals surface area contributed by atoms with Crippen molar-refractivity contribution in [2.75, 3.05) is 0 Å². The minimum absolute atomic E-state index is 0.142. The van der Waals surface area contributed by atoms with Crippen LogP contribution in [-0.4, -0.2) is 0 Å². The van der Waals surface area contributed by atoms with E-state index in [2.05, 4.69) is 301 Å². The first-order chi connectivity index (χ1) is 35.0. The van der Waals surface area contributed by atoms with Crippen molar-refractivity contribution in [3.05, 3.63) is 285 Å². The highest BCUT2D eigenvalue weighted by atomic mass is 14.4. The number of hydrogen-bond donors (Lipinski definition) is 0. The predicted octanol–water partition coefficient (Wildman–Crippen LogP) is 21.0. The lowest BCUT2D eigenvalue weighted by atomic mass is 9.81. The average molecular weight is 955 g/mol. The van der Waals surface area contributed by atoms with Crippen molar-refractivity contribution in [3.8, 4) is 44.5 Å². The second-order valence-corrected chi connectivity index (χ2v) is 20.2. The molecule has 0 nitrogen and oxygen atoms in total. The van der Waals surface area contributed by atoms with Gasteiger partial charge in [-0.25, -0.2) is 0 Å². The van der Waals surface area contributed by atoms with Gasteiger partial charge in [-0.1, -0.05) is 291 Å². The van der Waals surface area contributed by atoms with Crippen molar-refractivity contribution in [2.45, 2.75) is 102 Å². The van der Waals surface area contributed by atoms with E-state index < -0.39 is 0 Å². The van der Waals surface area contributed by atoms with Crippen LogP contribution in [0.2, 0.25) is 0 Å². The SMILES string of the molecule is CC.Cc1ccc(-c2ccc(-c3ccc(C)cc3)cc2)cc1.Cc1ccc(-c2ccc(C)cc2)cc1.Cc1ccc(C)cc1.Cc1ccc2c(c1)C(C)(C)c1cc(C)ccc1-2.Cc1cccc2c(C)cccc12. The van der Waals surface area contributed by atoms with E-state index in [9.17, 15) is 0 Å². The molecular formula is C73H78. The Morgan fingerprint density at radius 3 is 0.685 bits per heavy atom. The molecule has 1 aliphatic carbocycles. The van der Waals surface area contributed by atoms with E-state index in [1.807, 2.05) is 13.8 Å². The minimum Gasteiger partial charge on any atom is -0.0683 e. The Balaban J connectivity index is 0.000000151. The van der Waals surface area contributed by atoms with Gasteiger partial charge in [-0.15, -0.1) is 0 Å². The maximum Gasteiger partial charge on any atom is 0.0159 e. The maximum atomic E-state index is 2.34. The van der Waals surface area contributed by atoms with Crippen molar-refractivity contribution >= 4 is 10.8 Å². The largest absolute Gasteiger partial charge is 0.0683 e. The fourth-order valence-electron chi connectivity index (χ4n) is 9.07. The second-order valence-electron chi connectivity index (χ2n) is 20.2. The lowest BCUT2D eigenvalue weighted by molar-refractivity contribution is 0.659. The molecule has 0 saturated heterocycles. The lowest BCUT2D eigenvalue weighted by Crippen LogP contribution is -2.15. The number of aryl methyl sites for hydroxylation is 10. The predicted molar refractivity (Wildman–Crippen MR) is 322 cm³/mol. The molecule has 0 saturated carbocycles. The van der Waals surface area contributed by atoms with E-state index in [0.717, 1.165) is 0 Å². The topological polar surface area (TPSA) is 0 Å². The molecule has 0 aromatic heterocycles. The molecule has 10 aromatic carbocycles. The summed E-state index contributed by atoms with van der Waals surface area (Å²) in [6.45, 7) is 30.0. The summed E-state index contributed by atoms with van der Waals surface area (Å²) in [5, 5.41) is 2.75. The maximum absolute atomic E-state index is 2.34. The molecule has 0 amide bonds. The molecule has 0 fully saturated rings. The van der Waals surface area contributed by atoms with Crippen LogP contribution < -0.4 is 0 Å². The first-order valence-electron chi connectivity index (χ1n) is 26.1. The number of fused-ring (bicyclic) bond motifs is 4. The van der Waals surface area contributed by atoms with Gasteiger partial charge in [0.2, 0.25) is 0 Å². The van der Waals surface area contributed by atoms with Crippen molar-refractivity contribution in [1.29, 1.82) is 0 Å². The summed E-state index contributed by atoms with van der Waals surface area (Å²) in [5.74, 6) is 0. The van der Waals surface area contributed by atoms with Gasteiger partial charge in [0, 0.05) is 5.41 Å². The number of benzene rings is 10. The molecule has 73 heavy (non-hydrogen) atoms. The minimum atomic E-state index is 0.142. The van der Waals surface area contributed by atoms with Crippen LogP contribution in [0.25, 0.3) is 55.3 Å². The molecule has 0 radical (unpaired) electrons. The summed E-state index contributed by atoms with van der Waals surface area (Å²) >= 11 is 0. The first kappa shape index (κ1) is 54.8. The summed E-state index contributed by atoms with van der Waals surface area (Å²) in [6, 6.07) is 78.4. The van der Waals surface area contributed by atoms with Crippen LogP contribution in [0.3, 0.4) is 0 Å². The smallest absolute Gasteiger partial charge is 0.0159 e. The van der Waals surface area contributed by atoms with E-state index in [4.69, 9.17) is 0 Å². The molecule has 0 aliphatic heterocycles. The van der Waals surface area contributed by atoms with Gasteiger partial charge in [0.1, 0.15) is 0 Å². The molecular weight excluding hydrogens is 877 g/mol. The Labute approximate surface area is 440 Å². The molecule has 0 unspecified atom stereocenters. The van der Waals surface area contributed by atoms with Gasteiger partial charge in [-0.3, -0.25) is 0 Å². The van der Waals surface area contributed by atoms with Gasteiger partial charge < -0.3 is 0 Å². The molecule has 0 heterocycles. The van der Waals surface area contributed by atoms with Crippen molar-refractivity contribution < 1.29 is 0 Å². The highest BCUT2D eigenvalue weighted by Gasteiger charge is 2.35. The Morgan fingerprint density at radius 1 is 0.233 bits per heavy atom. The van der Waals surface area contributed by atoms with Gasteiger partial charge in [0.25, 0.3) is 0 Å². The van der Waals surface area contributed by atoms with Crippen molar-refractivity contribution in [1.82, 2.24) is 0 Å². The summed E-state index contributed by atoms with van der Waals surface area (Å²) in [5.41, 5.74) is 26.8. The third kappa shape index (κ3) is 14.8. The molecule has 0 spiro atoms. The molecule has 0 heteroatoms. The highest BCUT2D eigenvalue weighted by Crippen LogP contribution is 2.49. The number of rotatable bonds is 3. The fourth-order valence-corrected chi connectivity index (χ4v) is 9.07. The van der Waals surface area contributed by atoms with Crippen LogP contribution >= 0.6 is 0 Å². The molecule has 0 atom stereocenters. The first-order valence-corrected chi connectivity index (χ1v) is 26.1.